The van der Waals surface area contributed by atoms with E-state index in [0.717, 1.165) is 6.26 Å². The zero-order valence-corrected chi connectivity index (χ0v) is 12.7. The van der Waals surface area contributed by atoms with Crippen LogP contribution < -0.4 is 0 Å². The number of nitrogens with zero attached hydrogens (tertiary/aromatic N) is 1. The summed E-state index contributed by atoms with van der Waals surface area (Å²) in [5, 5.41) is 9.14. The molecule has 0 bridgehead atoms. The Hall–Kier alpha value is -1.89. The number of hydrogen-bond acceptors (Lipinski definition) is 4. The number of carboxylic acid groups (broad SMARTS) is 1. The van der Waals surface area contributed by atoms with Gasteiger partial charge in [-0.25, -0.2) is 13.2 Å². The van der Waals surface area contributed by atoms with Crippen molar-refractivity contribution in [2.75, 3.05) is 12.8 Å². The molecule has 6 nitrogen and oxygen atoms in total. The molecule has 1 saturated heterocycles. The Morgan fingerprint density at radius 3 is 2.57 bits per heavy atom. The summed E-state index contributed by atoms with van der Waals surface area (Å²) in [5.41, 5.74) is 0.870. The van der Waals surface area contributed by atoms with Crippen molar-refractivity contribution in [1.29, 1.82) is 0 Å². The van der Waals surface area contributed by atoms with E-state index in [0.29, 0.717) is 24.9 Å². The van der Waals surface area contributed by atoms with Crippen LogP contribution in [0.5, 0.6) is 0 Å². The lowest BCUT2D eigenvalue weighted by Crippen LogP contribution is -2.40. The Balaban J connectivity index is 2.41. The highest BCUT2D eigenvalue weighted by molar-refractivity contribution is 7.90. The van der Waals surface area contributed by atoms with E-state index in [1.165, 1.54) is 17.0 Å². The average Bonchev–Trinajstić information content (AvgIpc) is 2.86. The number of sulfone groups is 1. The fraction of sp³-hybridized carbons (Fsp3) is 0.429. The summed E-state index contributed by atoms with van der Waals surface area (Å²) >= 11 is 0. The maximum absolute atomic E-state index is 12.5. The van der Waals surface area contributed by atoms with Crippen LogP contribution in [0.25, 0.3) is 0 Å². The van der Waals surface area contributed by atoms with Gasteiger partial charge in [0.25, 0.3) is 5.91 Å². The minimum Gasteiger partial charge on any atom is -0.480 e. The van der Waals surface area contributed by atoms with E-state index in [-0.39, 0.29) is 10.5 Å². The van der Waals surface area contributed by atoms with Gasteiger partial charge in [-0.1, -0.05) is 6.07 Å². The van der Waals surface area contributed by atoms with Crippen LogP contribution in [0.1, 0.15) is 28.8 Å². The second-order valence-electron chi connectivity index (χ2n) is 5.24. The molecule has 0 radical (unpaired) electrons. The van der Waals surface area contributed by atoms with Crippen LogP contribution in [0.15, 0.2) is 23.1 Å². The van der Waals surface area contributed by atoms with E-state index in [4.69, 9.17) is 5.11 Å². The van der Waals surface area contributed by atoms with Crippen LogP contribution >= 0.6 is 0 Å². The predicted octanol–water partition coefficient (Wildman–Crippen LogP) is 1.09. The summed E-state index contributed by atoms with van der Waals surface area (Å²) in [7, 11) is -3.42. The predicted molar refractivity (Wildman–Crippen MR) is 76.0 cm³/mol. The van der Waals surface area contributed by atoms with Crippen LogP contribution in [0, 0.1) is 6.92 Å². The molecule has 0 aliphatic carbocycles. The van der Waals surface area contributed by atoms with Crippen molar-refractivity contribution in [3.8, 4) is 0 Å². The third-order valence-corrected chi connectivity index (χ3v) is 4.78. The number of amides is 1. The molecule has 1 aromatic carbocycles. The van der Waals surface area contributed by atoms with Crippen molar-refractivity contribution >= 4 is 21.7 Å². The lowest BCUT2D eigenvalue weighted by Gasteiger charge is -2.22. The molecular formula is C14H17NO5S. The normalized spacial score (nSPS) is 18.8. The van der Waals surface area contributed by atoms with E-state index < -0.39 is 27.8 Å². The lowest BCUT2D eigenvalue weighted by atomic mass is 10.1. The number of aliphatic carboxylic acids is 1. The monoisotopic (exact) mass is 311 g/mol. The third kappa shape index (κ3) is 3.07. The maximum atomic E-state index is 12.5. The second kappa shape index (κ2) is 5.48. The van der Waals surface area contributed by atoms with Crippen molar-refractivity contribution in [3.63, 3.8) is 0 Å². The highest BCUT2D eigenvalue weighted by Gasteiger charge is 2.35. The Morgan fingerprint density at radius 2 is 2.00 bits per heavy atom. The number of aryl methyl sites for hydroxylation is 1. The van der Waals surface area contributed by atoms with E-state index in [9.17, 15) is 18.0 Å². The van der Waals surface area contributed by atoms with Crippen molar-refractivity contribution in [3.05, 3.63) is 29.3 Å². The van der Waals surface area contributed by atoms with Gasteiger partial charge >= 0.3 is 5.97 Å². The maximum Gasteiger partial charge on any atom is 0.326 e. The van der Waals surface area contributed by atoms with E-state index in [1.807, 2.05) is 0 Å². The summed E-state index contributed by atoms with van der Waals surface area (Å²) in [5.74, 6) is -1.46. The molecule has 1 unspecified atom stereocenters. The second-order valence-corrected chi connectivity index (χ2v) is 7.26. The van der Waals surface area contributed by atoms with Crippen LogP contribution in [0.2, 0.25) is 0 Å². The number of carbonyl (C=O) groups is 2. The lowest BCUT2D eigenvalue weighted by molar-refractivity contribution is -0.141. The molecule has 1 heterocycles. The van der Waals surface area contributed by atoms with Gasteiger partial charge in [0.1, 0.15) is 6.04 Å². The summed E-state index contributed by atoms with van der Waals surface area (Å²) in [6.45, 7) is 2.07. The van der Waals surface area contributed by atoms with Crippen molar-refractivity contribution in [1.82, 2.24) is 4.90 Å². The summed E-state index contributed by atoms with van der Waals surface area (Å²) in [6, 6.07) is 3.50. The van der Waals surface area contributed by atoms with Crippen molar-refractivity contribution in [2.45, 2.75) is 30.7 Å². The van der Waals surface area contributed by atoms with Gasteiger partial charge in [-0.15, -0.1) is 0 Å². The Morgan fingerprint density at radius 1 is 1.33 bits per heavy atom. The van der Waals surface area contributed by atoms with E-state index in [2.05, 4.69) is 0 Å². The van der Waals surface area contributed by atoms with Gasteiger partial charge in [0, 0.05) is 18.4 Å². The molecule has 114 valence electrons. The van der Waals surface area contributed by atoms with Crippen LogP contribution in [0.3, 0.4) is 0 Å². The van der Waals surface area contributed by atoms with Crippen molar-refractivity contribution < 1.29 is 23.1 Å². The minimum atomic E-state index is -3.42. The highest BCUT2D eigenvalue weighted by Crippen LogP contribution is 2.23. The minimum absolute atomic E-state index is 0.0579. The van der Waals surface area contributed by atoms with Gasteiger partial charge in [-0.3, -0.25) is 4.79 Å². The zero-order chi connectivity index (χ0) is 15.8. The van der Waals surface area contributed by atoms with Gasteiger partial charge in [0.05, 0.1) is 4.90 Å². The van der Waals surface area contributed by atoms with E-state index >= 15 is 0 Å². The fourth-order valence-corrected chi connectivity index (χ4v) is 3.13. The van der Waals surface area contributed by atoms with Crippen LogP contribution in [-0.4, -0.2) is 49.1 Å². The number of carbonyl (C=O) groups excluding carboxylic acids is 1. The number of hydrogen-bond donors (Lipinski definition) is 1. The molecule has 0 aromatic heterocycles. The van der Waals surface area contributed by atoms with Crippen molar-refractivity contribution in [2.24, 2.45) is 0 Å². The first-order valence-corrected chi connectivity index (χ1v) is 8.45. The molecule has 0 spiro atoms. The fourth-order valence-electron chi connectivity index (χ4n) is 2.48. The van der Waals surface area contributed by atoms with Gasteiger partial charge < -0.3 is 10.0 Å². The van der Waals surface area contributed by atoms with Crippen LogP contribution in [-0.2, 0) is 14.6 Å². The molecule has 1 fully saturated rings. The zero-order valence-electron chi connectivity index (χ0n) is 11.9. The first kappa shape index (κ1) is 15.5. The quantitative estimate of drug-likeness (QED) is 0.902. The number of benzene rings is 1. The van der Waals surface area contributed by atoms with Gasteiger partial charge in [0.15, 0.2) is 9.84 Å². The molecule has 7 heteroatoms. The number of rotatable bonds is 3. The molecule has 1 atom stereocenters. The molecule has 1 N–H and O–H groups in total. The first-order valence-electron chi connectivity index (χ1n) is 6.56. The Labute approximate surface area is 123 Å². The number of carboxylic acids is 1. The van der Waals surface area contributed by atoms with Crippen LogP contribution in [0.4, 0.5) is 0 Å². The topological polar surface area (TPSA) is 91.8 Å². The molecular weight excluding hydrogens is 294 g/mol. The van der Waals surface area contributed by atoms with Gasteiger partial charge in [0.2, 0.25) is 0 Å². The summed E-state index contributed by atoms with van der Waals surface area (Å²) < 4.78 is 23.2. The third-order valence-electron chi connectivity index (χ3n) is 3.67. The largest absolute Gasteiger partial charge is 0.480 e. The highest BCUT2D eigenvalue weighted by atomic mass is 32.2. The molecule has 0 saturated carbocycles. The molecule has 1 amide bonds. The SMILES string of the molecule is Cc1ccc(S(C)(=O)=O)cc1C(=O)N1CCCC1C(=O)O. The average molecular weight is 311 g/mol. The molecule has 1 aliphatic rings. The van der Waals surface area contributed by atoms with Gasteiger partial charge in [-0.2, -0.15) is 0 Å². The smallest absolute Gasteiger partial charge is 0.326 e. The summed E-state index contributed by atoms with van der Waals surface area (Å²) in [6.07, 6.45) is 2.13. The number of likely N-dealkylation sites (tertiary alicyclic amines) is 1. The molecule has 1 aliphatic heterocycles. The van der Waals surface area contributed by atoms with E-state index in [1.54, 1.807) is 13.0 Å². The molecule has 1 aromatic rings. The standard InChI is InChI=1S/C14H17NO5S/c1-9-5-6-10(21(2,19)20)8-11(9)13(16)15-7-3-4-12(15)14(17)18/h5-6,8,12H,3-4,7H2,1-2H3,(H,17,18). The first-order chi connectivity index (χ1) is 9.71. The molecule has 2 rings (SSSR count). The Bertz CT molecular complexity index is 695. The molecule has 21 heavy (non-hydrogen) atoms. The van der Waals surface area contributed by atoms with Gasteiger partial charge in [-0.05, 0) is 37.5 Å². The Kier molecular flexibility index (Phi) is 4.04. The summed E-state index contributed by atoms with van der Waals surface area (Å²) in [4.78, 5) is 25.1.